The van der Waals surface area contributed by atoms with Crippen LogP contribution in [0.25, 0.3) is 0 Å². The van der Waals surface area contributed by atoms with Crippen LogP contribution in [0.1, 0.15) is 18.1 Å². The van der Waals surface area contributed by atoms with Gasteiger partial charge in [-0.25, -0.2) is 4.39 Å². The van der Waals surface area contributed by atoms with Crippen molar-refractivity contribution in [3.63, 3.8) is 0 Å². The lowest BCUT2D eigenvalue weighted by Gasteiger charge is -2.28. The van der Waals surface area contributed by atoms with Crippen molar-refractivity contribution in [3.05, 3.63) is 64.4 Å². The Hall–Kier alpha value is -1.58. The zero-order valence-electron chi connectivity index (χ0n) is 10.8. The number of ether oxygens (including phenoxy) is 1. The molecule has 1 unspecified atom stereocenters. The molecule has 0 saturated heterocycles. The number of halogens is 2. The van der Waals surface area contributed by atoms with E-state index in [1.54, 1.807) is 37.4 Å². The summed E-state index contributed by atoms with van der Waals surface area (Å²) in [6, 6.07) is 11.4. The minimum Gasteiger partial charge on any atom is -0.496 e. The lowest BCUT2D eigenvalue weighted by Crippen LogP contribution is -2.34. The van der Waals surface area contributed by atoms with Gasteiger partial charge in [-0.2, -0.15) is 0 Å². The summed E-state index contributed by atoms with van der Waals surface area (Å²) in [5.41, 5.74) is 7.12. The molecule has 2 N–H and O–H groups in total. The third kappa shape index (κ3) is 2.72. The summed E-state index contributed by atoms with van der Waals surface area (Å²) in [6.45, 7) is 1.84. The summed E-state index contributed by atoms with van der Waals surface area (Å²) in [7, 11) is 1.58. The first-order chi connectivity index (χ1) is 8.95. The lowest BCUT2D eigenvalue weighted by atomic mass is 9.85. The number of hydrogen-bond acceptors (Lipinski definition) is 2. The average Bonchev–Trinajstić information content (AvgIpc) is 2.39. The normalized spacial score (nSPS) is 13.9. The van der Waals surface area contributed by atoms with Crippen LogP contribution in [-0.2, 0) is 5.54 Å². The zero-order valence-corrected chi connectivity index (χ0v) is 11.5. The maximum absolute atomic E-state index is 13.0. The molecule has 0 aliphatic carbocycles. The predicted octanol–water partition coefficient (Wildman–Crippen LogP) is 3.71. The van der Waals surface area contributed by atoms with E-state index in [1.807, 2.05) is 6.92 Å². The highest BCUT2D eigenvalue weighted by Crippen LogP contribution is 2.35. The third-order valence-corrected chi connectivity index (χ3v) is 3.40. The van der Waals surface area contributed by atoms with Crippen molar-refractivity contribution < 1.29 is 9.13 Å². The van der Waals surface area contributed by atoms with Gasteiger partial charge >= 0.3 is 0 Å². The summed E-state index contributed by atoms with van der Waals surface area (Å²) < 4.78 is 18.3. The topological polar surface area (TPSA) is 35.2 Å². The molecule has 0 heterocycles. The Morgan fingerprint density at radius 2 is 1.79 bits per heavy atom. The molecule has 19 heavy (non-hydrogen) atoms. The quantitative estimate of drug-likeness (QED) is 0.929. The van der Waals surface area contributed by atoms with Crippen molar-refractivity contribution in [2.24, 2.45) is 5.73 Å². The lowest BCUT2D eigenvalue weighted by molar-refractivity contribution is 0.399. The maximum atomic E-state index is 13.0. The number of benzene rings is 2. The third-order valence-electron chi connectivity index (χ3n) is 3.16. The van der Waals surface area contributed by atoms with Crippen molar-refractivity contribution in [1.29, 1.82) is 0 Å². The molecule has 2 nitrogen and oxygen atoms in total. The highest BCUT2D eigenvalue weighted by molar-refractivity contribution is 6.30. The average molecular weight is 280 g/mol. The van der Waals surface area contributed by atoms with Gasteiger partial charge in [-0.05, 0) is 42.8 Å². The van der Waals surface area contributed by atoms with Crippen LogP contribution in [-0.4, -0.2) is 7.11 Å². The second kappa shape index (κ2) is 5.19. The molecule has 2 rings (SSSR count). The van der Waals surface area contributed by atoms with Gasteiger partial charge in [0.15, 0.2) is 0 Å². The van der Waals surface area contributed by atoms with E-state index in [4.69, 9.17) is 22.1 Å². The molecule has 0 bridgehead atoms. The molecule has 2 aromatic rings. The molecular weight excluding hydrogens is 265 g/mol. The van der Waals surface area contributed by atoms with E-state index in [0.29, 0.717) is 10.8 Å². The molecule has 1 atom stereocenters. The van der Waals surface area contributed by atoms with Crippen LogP contribution in [0.3, 0.4) is 0 Å². The molecule has 0 aliphatic rings. The zero-order chi connectivity index (χ0) is 14.0. The summed E-state index contributed by atoms with van der Waals surface area (Å²) in [4.78, 5) is 0. The minimum atomic E-state index is -0.816. The van der Waals surface area contributed by atoms with Gasteiger partial charge in [-0.3, -0.25) is 0 Å². The minimum absolute atomic E-state index is 0.294. The van der Waals surface area contributed by atoms with Crippen molar-refractivity contribution >= 4 is 11.6 Å². The van der Waals surface area contributed by atoms with Crippen LogP contribution in [0.2, 0.25) is 5.02 Å². The highest BCUT2D eigenvalue weighted by atomic mass is 35.5. The number of rotatable bonds is 3. The van der Waals surface area contributed by atoms with Crippen molar-refractivity contribution in [2.75, 3.05) is 7.11 Å². The molecule has 4 heteroatoms. The van der Waals surface area contributed by atoms with Gasteiger partial charge in [0.2, 0.25) is 0 Å². The summed E-state index contributed by atoms with van der Waals surface area (Å²) in [6.07, 6.45) is 0. The van der Waals surface area contributed by atoms with Gasteiger partial charge in [0.25, 0.3) is 0 Å². The van der Waals surface area contributed by atoms with Crippen LogP contribution in [0, 0.1) is 5.82 Å². The Kier molecular flexibility index (Phi) is 3.78. The predicted molar refractivity (Wildman–Crippen MR) is 75.0 cm³/mol. The first kappa shape index (κ1) is 13.8. The van der Waals surface area contributed by atoms with Crippen LogP contribution in [0.15, 0.2) is 42.5 Å². The van der Waals surface area contributed by atoms with Gasteiger partial charge in [0.05, 0.1) is 12.6 Å². The van der Waals surface area contributed by atoms with Crippen molar-refractivity contribution in [2.45, 2.75) is 12.5 Å². The number of nitrogens with two attached hydrogens (primary N) is 1. The first-order valence-electron chi connectivity index (χ1n) is 5.84. The largest absolute Gasteiger partial charge is 0.496 e. The fraction of sp³-hybridized carbons (Fsp3) is 0.200. The van der Waals surface area contributed by atoms with Gasteiger partial charge in [0, 0.05) is 10.6 Å². The summed E-state index contributed by atoms with van der Waals surface area (Å²) >= 11 is 6.02. The SMILES string of the molecule is COc1ccc(Cl)cc1C(C)(N)c1ccc(F)cc1. The van der Waals surface area contributed by atoms with Crippen LogP contribution in [0.4, 0.5) is 4.39 Å². The molecule has 0 aliphatic heterocycles. The molecule has 0 fully saturated rings. The summed E-state index contributed by atoms with van der Waals surface area (Å²) in [5.74, 6) is 0.358. The maximum Gasteiger partial charge on any atom is 0.124 e. The monoisotopic (exact) mass is 279 g/mol. The Morgan fingerprint density at radius 3 is 2.37 bits per heavy atom. The molecule has 0 amide bonds. The Balaban J connectivity index is 2.55. The Bertz CT molecular complexity index is 581. The van der Waals surface area contributed by atoms with Crippen molar-refractivity contribution in [1.82, 2.24) is 0 Å². The van der Waals surface area contributed by atoms with E-state index < -0.39 is 5.54 Å². The molecule has 0 radical (unpaired) electrons. The molecular formula is C15H15ClFNO. The van der Waals surface area contributed by atoms with Crippen LogP contribution < -0.4 is 10.5 Å². The number of methoxy groups -OCH3 is 1. The Labute approximate surface area is 117 Å². The second-order valence-corrected chi connectivity index (χ2v) is 4.99. The van der Waals surface area contributed by atoms with E-state index >= 15 is 0 Å². The molecule has 0 aromatic heterocycles. The molecule has 0 spiro atoms. The van der Waals surface area contributed by atoms with E-state index in [2.05, 4.69) is 0 Å². The van der Waals surface area contributed by atoms with Crippen LogP contribution in [0.5, 0.6) is 5.75 Å². The van der Waals surface area contributed by atoms with Gasteiger partial charge in [0.1, 0.15) is 11.6 Å². The van der Waals surface area contributed by atoms with E-state index in [9.17, 15) is 4.39 Å². The van der Waals surface area contributed by atoms with Gasteiger partial charge in [-0.15, -0.1) is 0 Å². The molecule has 0 saturated carbocycles. The van der Waals surface area contributed by atoms with Gasteiger partial charge < -0.3 is 10.5 Å². The van der Waals surface area contributed by atoms with E-state index in [-0.39, 0.29) is 5.82 Å². The fourth-order valence-corrected chi connectivity index (χ4v) is 2.21. The highest BCUT2D eigenvalue weighted by Gasteiger charge is 2.27. The smallest absolute Gasteiger partial charge is 0.124 e. The van der Waals surface area contributed by atoms with Gasteiger partial charge in [-0.1, -0.05) is 23.7 Å². The second-order valence-electron chi connectivity index (χ2n) is 4.55. The van der Waals surface area contributed by atoms with E-state index in [0.717, 1.165) is 11.1 Å². The van der Waals surface area contributed by atoms with E-state index in [1.165, 1.54) is 12.1 Å². The summed E-state index contributed by atoms with van der Waals surface area (Å²) in [5, 5.41) is 0.578. The standard InChI is InChI=1S/C15H15ClFNO/c1-15(18,10-3-6-12(17)7-4-10)13-9-11(16)5-8-14(13)19-2/h3-9H,18H2,1-2H3. The first-order valence-corrected chi connectivity index (χ1v) is 6.22. The number of hydrogen-bond donors (Lipinski definition) is 1. The van der Waals surface area contributed by atoms with Crippen molar-refractivity contribution in [3.8, 4) is 5.75 Å². The molecule has 2 aromatic carbocycles. The fourth-order valence-electron chi connectivity index (χ4n) is 2.04. The van der Waals surface area contributed by atoms with Crippen LogP contribution >= 0.6 is 11.6 Å². The molecule has 100 valence electrons. The Morgan fingerprint density at radius 1 is 1.16 bits per heavy atom.